The van der Waals surface area contributed by atoms with E-state index in [0.29, 0.717) is 51.8 Å². The first-order valence-electron chi connectivity index (χ1n) is 13.0. The minimum absolute atomic E-state index is 0.0765. The molecule has 5 aromatic heterocycles. The van der Waals surface area contributed by atoms with Crippen LogP contribution in [0.25, 0.3) is 56.0 Å². The van der Waals surface area contributed by atoms with Gasteiger partial charge in [-0.05, 0) is 35.7 Å². The van der Waals surface area contributed by atoms with Crippen LogP contribution in [0.15, 0.2) is 61.2 Å². The van der Waals surface area contributed by atoms with Crippen LogP contribution in [0.5, 0.6) is 5.75 Å². The Morgan fingerprint density at radius 1 is 1.00 bits per heavy atom. The van der Waals surface area contributed by atoms with Gasteiger partial charge in [0.25, 0.3) is 0 Å². The third kappa shape index (κ3) is 5.33. The molecule has 1 aromatic carbocycles. The summed E-state index contributed by atoms with van der Waals surface area (Å²) in [5.41, 5.74) is 5.53. The number of rotatable bonds is 6. The number of benzene rings is 1. The molecule has 0 aliphatic rings. The molecule has 0 radical (unpaired) electrons. The SMILES string of the molecule is COc1cc(F)cc(-c2nccc3[nH]c(-c4n[nH]c5cnc(-c6cncc(NC(=O)CC(C)(C)C)c6)cc45)nc23)c1. The molecule has 11 heteroatoms. The van der Waals surface area contributed by atoms with Crippen molar-refractivity contribution >= 4 is 33.5 Å². The lowest BCUT2D eigenvalue weighted by Gasteiger charge is -2.17. The number of nitrogens with one attached hydrogen (secondary N) is 3. The van der Waals surface area contributed by atoms with E-state index in [2.05, 4.69) is 35.5 Å². The highest BCUT2D eigenvalue weighted by molar-refractivity contribution is 5.97. The number of carbonyl (C=O) groups excluding carboxylic acids is 1. The summed E-state index contributed by atoms with van der Waals surface area (Å²) in [5.74, 6) is 0.398. The van der Waals surface area contributed by atoms with Crippen molar-refractivity contribution < 1.29 is 13.9 Å². The predicted molar refractivity (Wildman–Crippen MR) is 155 cm³/mol. The van der Waals surface area contributed by atoms with Crippen LogP contribution in [-0.4, -0.2) is 48.1 Å². The van der Waals surface area contributed by atoms with Crippen molar-refractivity contribution in [2.24, 2.45) is 5.41 Å². The van der Waals surface area contributed by atoms with Crippen molar-refractivity contribution in [2.45, 2.75) is 27.2 Å². The van der Waals surface area contributed by atoms with Gasteiger partial charge in [-0.1, -0.05) is 20.8 Å². The molecule has 0 aliphatic carbocycles. The van der Waals surface area contributed by atoms with E-state index in [1.807, 2.05) is 32.9 Å². The van der Waals surface area contributed by atoms with Crippen LogP contribution in [0.1, 0.15) is 27.2 Å². The Labute approximate surface area is 234 Å². The molecule has 0 spiro atoms. The first kappa shape index (κ1) is 26.1. The molecule has 1 amide bonds. The molecular weight excluding hydrogens is 523 g/mol. The number of methoxy groups -OCH3 is 1. The van der Waals surface area contributed by atoms with Gasteiger partial charge in [-0.25, -0.2) is 9.37 Å². The van der Waals surface area contributed by atoms with Crippen LogP contribution in [-0.2, 0) is 4.79 Å². The van der Waals surface area contributed by atoms with E-state index in [0.717, 1.165) is 22.0 Å². The Morgan fingerprint density at radius 2 is 1.85 bits per heavy atom. The molecule has 0 aliphatic heterocycles. The van der Waals surface area contributed by atoms with Crippen LogP contribution < -0.4 is 10.1 Å². The molecule has 0 saturated carbocycles. The molecule has 5 heterocycles. The fourth-order valence-electron chi connectivity index (χ4n) is 4.67. The highest BCUT2D eigenvalue weighted by Gasteiger charge is 2.19. The predicted octanol–water partition coefficient (Wildman–Crippen LogP) is 6.15. The number of nitrogens with zero attached hydrogens (tertiary/aromatic N) is 5. The van der Waals surface area contributed by atoms with Crippen LogP contribution in [0.3, 0.4) is 0 Å². The lowest BCUT2D eigenvalue weighted by molar-refractivity contribution is -0.117. The number of ether oxygens (including phenoxy) is 1. The first-order valence-corrected chi connectivity index (χ1v) is 13.0. The summed E-state index contributed by atoms with van der Waals surface area (Å²) in [6.45, 7) is 6.04. The van der Waals surface area contributed by atoms with E-state index in [4.69, 9.17) is 9.72 Å². The smallest absolute Gasteiger partial charge is 0.224 e. The van der Waals surface area contributed by atoms with Crippen molar-refractivity contribution in [3.8, 4) is 39.8 Å². The molecule has 10 nitrogen and oxygen atoms in total. The van der Waals surface area contributed by atoms with Gasteiger partial charge < -0.3 is 15.0 Å². The zero-order valence-electron chi connectivity index (χ0n) is 22.9. The van der Waals surface area contributed by atoms with Gasteiger partial charge in [0, 0.05) is 41.4 Å². The van der Waals surface area contributed by atoms with Crippen LogP contribution in [0, 0.1) is 11.2 Å². The topological polar surface area (TPSA) is 134 Å². The minimum Gasteiger partial charge on any atom is -0.497 e. The number of H-pyrrole nitrogens is 2. The Bertz CT molecular complexity index is 1920. The number of anilines is 1. The number of carbonyl (C=O) groups is 1. The monoisotopic (exact) mass is 550 g/mol. The quantitative estimate of drug-likeness (QED) is 0.226. The fourth-order valence-corrected chi connectivity index (χ4v) is 4.67. The van der Waals surface area contributed by atoms with E-state index in [9.17, 15) is 9.18 Å². The van der Waals surface area contributed by atoms with E-state index in [1.165, 1.54) is 19.2 Å². The van der Waals surface area contributed by atoms with E-state index >= 15 is 0 Å². The van der Waals surface area contributed by atoms with Crippen molar-refractivity contribution in [3.05, 3.63) is 67.0 Å². The summed E-state index contributed by atoms with van der Waals surface area (Å²) in [5, 5.41) is 11.2. The van der Waals surface area contributed by atoms with Crippen molar-refractivity contribution in [2.75, 3.05) is 12.4 Å². The van der Waals surface area contributed by atoms with Gasteiger partial charge in [0.1, 0.15) is 22.8 Å². The average Bonchev–Trinajstić information content (AvgIpc) is 3.55. The number of hydrogen-bond acceptors (Lipinski definition) is 7. The molecule has 206 valence electrons. The summed E-state index contributed by atoms with van der Waals surface area (Å²) in [7, 11) is 1.49. The number of halogens is 1. The molecule has 0 atom stereocenters. The zero-order valence-corrected chi connectivity index (χ0v) is 22.9. The second-order valence-electron chi connectivity index (χ2n) is 11.0. The molecule has 0 saturated heterocycles. The minimum atomic E-state index is -0.431. The molecule has 0 bridgehead atoms. The number of aromatic nitrogens is 7. The van der Waals surface area contributed by atoms with Crippen LogP contribution in [0.4, 0.5) is 10.1 Å². The summed E-state index contributed by atoms with van der Waals surface area (Å²) < 4.78 is 19.5. The Morgan fingerprint density at radius 3 is 2.66 bits per heavy atom. The number of imidazole rings is 1. The standard InChI is InChI=1S/C30H27FN8O2/c1-30(2,3)12-25(40)35-19-8-17(13-32-14-19)23-11-21-24(15-34-23)38-39-27(21)29-36-22-5-6-33-26(28(22)37-29)16-7-18(31)10-20(9-16)41-4/h5-11,13-15H,12H2,1-4H3,(H,35,40)(H,36,37)(H,38,39). The van der Waals surface area contributed by atoms with Gasteiger partial charge in [-0.15, -0.1) is 0 Å². The number of pyridine rings is 3. The summed E-state index contributed by atoms with van der Waals surface area (Å²) in [6, 6.07) is 9.97. The molecule has 0 unspecified atom stereocenters. The van der Waals surface area contributed by atoms with Crippen LogP contribution >= 0.6 is 0 Å². The van der Waals surface area contributed by atoms with Crippen LogP contribution in [0.2, 0.25) is 0 Å². The van der Waals surface area contributed by atoms with Gasteiger partial charge in [-0.3, -0.25) is 24.8 Å². The van der Waals surface area contributed by atoms with Crippen molar-refractivity contribution in [3.63, 3.8) is 0 Å². The molecule has 3 N–H and O–H groups in total. The lowest BCUT2D eigenvalue weighted by Crippen LogP contribution is -2.19. The number of hydrogen-bond donors (Lipinski definition) is 3. The lowest BCUT2D eigenvalue weighted by atomic mass is 9.92. The largest absolute Gasteiger partial charge is 0.497 e. The highest BCUT2D eigenvalue weighted by atomic mass is 19.1. The number of amides is 1. The van der Waals surface area contributed by atoms with E-state index in [-0.39, 0.29) is 11.3 Å². The fraction of sp³-hybridized carbons (Fsp3) is 0.200. The Balaban J connectivity index is 1.37. The third-order valence-corrected chi connectivity index (χ3v) is 6.46. The summed E-state index contributed by atoms with van der Waals surface area (Å²) in [4.78, 5) is 33.9. The van der Waals surface area contributed by atoms with Gasteiger partial charge in [0.05, 0.1) is 47.6 Å². The second kappa shape index (κ2) is 10.1. The third-order valence-electron chi connectivity index (χ3n) is 6.46. The van der Waals surface area contributed by atoms with E-state index < -0.39 is 5.82 Å². The molecule has 6 aromatic rings. The molecule has 41 heavy (non-hydrogen) atoms. The Hall–Kier alpha value is -5.19. The number of fused-ring (bicyclic) bond motifs is 2. The van der Waals surface area contributed by atoms with E-state index in [1.54, 1.807) is 36.9 Å². The van der Waals surface area contributed by atoms with Crippen molar-refractivity contribution in [1.29, 1.82) is 0 Å². The maximum atomic E-state index is 14.3. The van der Waals surface area contributed by atoms with Gasteiger partial charge in [-0.2, -0.15) is 5.10 Å². The molecule has 0 fully saturated rings. The number of aromatic amines is 2. The molecular formula is C30H27FN8O2. The zero-order chi connectivity index (χ0) is 28.7. The summed E-state index contributed by atoms with van der Waals surface area (Å²) >= 11 is 0. The Kier molecular flexibility index (Phi) is 6.41. The summed E-state index contributed by atoms with van der Waals surface area (Å²) in [6.07, 6.45) is 7.03. The maximum absolute atomic E-state index is 14.3. The van der Waals surface area contributed by atoms with Gasteiger partial charge >= 0.3 is 0 Å². The molecule has 6 rings (SSSR count). The first-order chi connectivity index (χ1) is 19.7. The normalized spacial score (nSPS) is 11.7. The van der Waals surface area contributed by atoms with Gasteiger partial charge in [0.15, 0.2) is 5.82 Å². The van der Waals surface area contributed by atoms with Crippen molar-refractivity contribution in [1.82, 2.24) is 35.1 Å². The van der Waals surface area contributed by atoms with Gasteiger partial charge in [0.2, 0.25) is 5.91 Å². The average molecular weight is 551 g/mol. The maximum Gasteiger partial charge on any atom is 0.224 e. The second-order valence-corrected chi connectivity index (χ2v) is 11.0. The highest BCUT2D eigenvalue weighted by Crippen LogP contribution is 2.33.